The van der Waals surface area contributed by atoms with Crippen LogP contribution in [0.1, 0.15) is 0 Å². The Bertz CT molecular complexity index is 107. The molecule has 0 fully saturated rings. The standard InChI is InChI=1S/C6H13NO4/c8-2-4-11-3-1-7-5-6(9)10/h7-8H,1-5H2,(H,9,10). The van der Waals surface area contributed by atoms with E-state index >= 15 is 0 Å². The molecule has 0 radical (unpaired) electrons. The lowest BCUT2D eigenvalue weighted by Gasteiger charge is -2.01. The van der Waals surface area contributed by atoms with Crippen molar-refractivity contribution in [2.45, 2.75) is 0 Å². The van der Waals surface area contributed by atoms with Gasteiger partial charge in [-0.25, -0.2) is 0 Å². The van der Waals surface area contributed by atoms with Crippen LogP contribution >= 0.6 is 0 Å². The highest BCUT2D eigenvalue weighted by Gasteiger charge is 1.93. The Morgan fingerprint density at radius 2 is 2.18 bits per heavy atom. The van der Waals surface area contributed by atoms with Crippen molar-refractivity contribution in [1.29, 1.82) is 0 Å². The van der Waals surface area contributed by atoms with E-state index in [1.165, 1.54) is 0 Å². The normalized spacial score (nSPS) is 9.91. The van der Waals surface area contributed by atoms with Crippen molar-refractivity contribution in [3.63, 3.8) is 0 Å². The van der Waals surface area contributed by atoms with E-state index in [1.54, 1.807) is 0 Å². The maximum atomic E-state index is 9.94. The lowest BCUT2D eigenvalue weighted by molar-refractivity contribution is -0.136. The van der Waals surface area contributed by atoms with Crippen molar-refractivity contribution in [2.24, 2.45) is 0 Å². The number of rotatable bonds is 7. The number of hydrogen-bond acceptors (Lipinski definition) is 4. The average molecular weight is 163 g/mol. The molecule has 0 unspecified atom stereocenters. The Morgan fingerprint density at radius 1 is 1.45 bits per heavy atom. The summed E-state index contributed by atoms with van der Waals surface area (Å²) in [6, 6.07) is 0. The lowest BCUT2D eigenvalue weighted by atomic mass is 10.6. The van der Waals surface area contributed by atoms with E-state index in [4.69, 9.17) is 14.9 Å². The molecule has 11 heavy (non-hydrogen) atoms. The van der Waals surface area contributed by atoms with Crippen LogP contribution in [0.4, 0.5) is 0 Å². The molecule has 0 amide bonds. The van der Waals surface area contributed by atoms with Crippen LogP contribution in [-0.4, -0.2) is 49.1 Å². The summed E-state index contributed by atoms with van der Waals surface area (Å²) in [6.45, 7) is 1.16. The molecule has 0 atom stereocenters. The fourth-order valence-electron chi connectivity index (χ4n) is 0.506. The van der Waals surface area contributed by atoms with E-state index in [0.717, 1.165) is 0 Å². The zero-order chi connectivity index (χ0) is 8.53. The number of aliphatic hydroxyl groups excluding tert-OH is 1. The number of carboxylic acids is 1. The van der Waals surface area contributed by atoms with Gasteiger partial charge < -0.3 is 20.3 Å². The predicted octanol–water partition coefficient (Wildman–Crippen LogP) is -1.33. The van der Waals surface area contributed by atoms with Crippen LogP contribution in [0.15, 0.2) is 0 Å². The van der Waals surface area contributed by atoms with E-state index in [0.29, 0.717) is 19.8 Å². The fourth-order valence-corrected chi connectivity index (χ4v) is 0.506. The van der Waals surface area contributed by atoms with Crippen LogP contribution in [0.3, 0.4) is 0 Å². The van der Waals surface area contributed by atoms with Crippen molar-refractivity contribution in [2.75, 3.05) is 32.9 Å². The number of carbonyl (C=O) groups is 1. The molecule has 0 saturated carbocycles. The molecule has 0 spiro atoms. The molecule has 0 aromatic rings. The van der Waals surface area contributed by atoms with Crippen LogP contribution in [0.2, 0.25) is 0 Å². The second-order valence-electron chi connectivity index (χ2n) is 1.91. The first-order valence-corrected chi connectivity index (χ1v) is 3.38. The number of aliphatic hydroxyl groups is 1. The van der Waals surface area contributed by atoms with Gasteiger partial charge in [0, 0.05) is 6.54 Å². The first kappa shape index (κ1) is 10.3. The number of nitrogens with one attached hydrogen (secondary N) is 1. The second kappa shape index (κ2) is 7.46. The van der Waals surface area contributed by atoms with Crippen molar-refractivity contribution < 1.29 is 19.7 Å². The summed E-state index contributed by atoms with van der Waals surface area (Å²) >= 11 is 0. The topological polar surface area (TPSA) is 78.8 Å². The number of ether oxygens (including phenoxy) is 1. The molecule has 0 rings (SSSR count). The summed E-state index contributed by atoms with van der Waals surface area (Å²) < 4.78 is 4.86. The molecular formula is C6H13NO4. The van der Waals surface area contributed by atoms with Gasteiger partial charge in [-0.3, -0.25) is 4.79 Å². The fraction of sp³-hybridized carbons (Fsp3) is 0.833. The molecular weight excluding hydrogens is 150 g/mol. The highest BCUT2D eigenvalue weighted by Crippen LogP contribution is 1.70. The molecule has 0 aliphatic rings. The van der Waals surface area contributed by atoms with Crippen molar-refractivity contribution in [1.82, 2.24) is 5.32 Å². The first-order chi connectivity index (χ1) is 5.27. The molecule has 0 aromatic carbocycles. The molecule has 0 saturated heterocycles. The van der Waals surface area contributed by atoms with E-state index in [2.05, 4.69) is 5.32 Å². The van der Waals surface area contributed by atoms with Gasteiger partial charge >= 0.3 is 5.97 Å². The molecule has 3 N–H and O–H groups in total. The monoisotopic (exact) mass is 163 g/mol. The van der Waals surface area contributed by atoms with Gasteiger partial charge in [0.05, 0.1) is 26.4 Å². The van der Waals surface area contributed by atoms with Crippen LogP contribution in [-0.2, 0) is 9.53 Å². The lowest BCUT2D eigenvalue weighted by Crippen LogP contribution is -2.26. The molecule has 0 aliphatic carbocycles. The second-order valence-corrected chi connectivity index (χ2v) is 1.91. The van der Waals surface area contributed by atoms with Crippen molar-refractivity contribution in [3.8, 4) is 0 Å². The molecule has 0 aromatic heterocycles. The van der Waals surface area contributed by atoms with Crippen LogP contribution in [0, 0.1) is 0 Å². The first-order valence-electron chi connectivity index (χ1n) is 3.38. The Labute approximate surface area is 65.0 Å². The molecule has 5 nitrogen and oxygen atoms in total. The average Bonchev–Trinajstić information content (AvgIpc) is 1.96. The Kier molecular flexibility index (Phi) is 7.02. The van der Waals surface area contributed by atoms with Gasteiger partial charge in [0.2, 0.25) is 0 Å². The van der Waals surface area contributed by atoms with E-state index < -0.39 is 5.97 Å². The van der Waals surface area contributed by atoms with Gasteiger partial charge in [-0.15, -0.1) is 0 Å². The maximum absolute atomic E-state index is 9.94. The summed E-state index contributed by atoms with van der Waals surface area (Å²) in [4.78, 5) is 9.94. The number of aliphatic carboxylic acids is 1. The predicted molar refractivity (Wildman–Crippen MR) is 38.4 cm³/mol. The number of hydrogen-bond donors (Lipinski definition) is 3. The summed E-state index contributed by atoms with van der Waals surface area (Å²) in [5.74, 6) is -0.882. The quantitative estimate of drug-likeness (QED) is 0.405. The summed E-state index contributed by atoms with van der Waals surface area (Å²) in [7, 11) is 0. The van der Waals surface area contributed by atoms with Gasteiger partial charge in [-0.1, -0.05) is 0 Å². The summed E-state index contributed by atoms with van der Waals surface area (Å²) in [5.41, 5.74) is 0. The van der Waals surface area contributed by atoms with Gasteiger partial charge in [0.15, 0.2) is 0 Å². The minimum atomic E-state index is -0.882. The van der Waals surface area contributed by atoms with E-state index in [1.807, 2.05) is 0 Å². The molecule has 0 heterocycles. The summed E-state index contributed by atoms with van der Waals surface area (Å²) in [6.07, 6.45) is 0. The van der Waals surface area contributed by atoms with Gasteiger partial charge in [0.1, 0.15) is 0 Å². The van der Waals surface area contributed by atoms with E-state index in [9.17, 15) is 4.79 Å². The van der Waals surface area contributed by atoms with Gasteiger partial charge in [-0.05, 0) is 0 Å². The van der Waals surface area contributed by atoms with Crippen LogP contribution < -0.4 is 5.32 Å². The van der Waals surface area contributed by atoms with Crippen molar-refractivity contribution in [3.05, 3.63) is 0 Å². The largest absolute Gasteiger partial charge is 0.480 e. The minimum absolute atomic E-state index is 0.00106. The third-order valence-corrected chi connectivity index (χ3v) is 0.935. The SMILES string of the molecule is O=C(O)CNCCOCCO. The maximum Gasteiger partial charge on any atom is 0.317 e. The Hall–Kier alpha value is -0.650. The Balaban J connectivity index is 2.85. The zero-order valence-electron chi connectivity index (χ0n) is 6.25. The highest BCUT2D eigenvalue weighted by atomic mass is 16.5. The van der Waals surface area contributed by atoms with Gasteiger partial charge in [0.25, 0.3) is 0 Å². The van der Waals surface area contributed by atoms with Crippen LogP contribution in [0.5, 0.6) is 0 Å². The molecule has 5 heteroatoms. The van der Waals surface area contributed by atoms with E-state index in [-0.39, 0.29) is 13.2 Å². The van der Waals surface area contributed by atoms with Crippen LogP contribution in [0.25, 0.3) is 0 Å². The molecule has 66 valence electrons. The third kappa shape index (κ3) is 9.35. The zero-order valence-corrected chi connectivity index (χ0v) is 6.25. The van der Waals surface area contributed by atoms with Gasteiger partial charge in [-0.2, -0.15) is 0 Å². The highest BCUT2D eigenvalue weighted by molar-refractivity contribution is 5.68. The minimum Gasteiger partial charge on any atom is -0.480 e. The number of carboxylic acid groups (broad SMARTS) is 1. The molecule has 0 bridgehead atoms. The van der Waals surface area contributed by atoms with Crippen molar-refractivity contribution >= 4 is 5.97 Å². The molecule has 0 aliphatic heterocycles. The smallest absolute Gasteiger partial charge is 0.317 e. The third-order valence-electron chi connectivity index (χ3n) is 0.935. The summed E-state index contributed by atoms with van der Waals surface area (Å²) in [5, 5.41) is 19.1. The Morgan fingerprint density at radius 3 is 2.73 bits per heavy atom.